The van der Waals surface area contributed by atoms with Crippen LogP contribution in [0.15, 0.2) is 73.1 Å². The largest absolute Gasteiger partial charge is 2.00 e. The molecule has 2 aromatic heterocycles. The van der Waals surface area contributed by atoms with Crippen LogP contribution < -0.4 is 4.74 Å². The minimum absolute atomic E-state index is 0. The van der Waals surface area contributed by atoms with E-state index in [1.807, 2.05) is 74.5 Å². The predicted molar refractivity (Wildman–Crippen MR) is 107 cm³/mol. The van der Waals surface area contributed by atoms with Crippen LogP contribution >= 0.6 is 0 Å². The Hall–Kier alpha value is -2.80. The molecule has 0 atom stereocenters. The fraction of sp³-hybridized carbons (Fsp3) is 0.0833. The number of aromatic nitrogens is 2. The van der Waals surface area contributed by atoms with Crippen molar-refractivity contribution in [2.24, 2.45) is 0 Å². The van der Waals surface area contributed by atoms with Gasteiger partial charge >= 0.3 is 20.4 Å². The van der Waals surface area contributed by atoms with Crippen molar-refractivity contribution in [2.45, 2.75) is 13.8 Å². The smallest absolute Gasteiger partial charge is 0.497 e. The molecule has 0 spiro atoms. The molecule has 140 valence electrons. The normalized spacial score (nSPS) is 10.2. The van der Waals surface area contributed by atoms with E-state index < -0.39 is 0 Å². The van der Waals surface area contributed by atoms with E-state index in [9.17, 15) is 0 Å². The number of rotatable bonds is 4. The van der Waals surface area contributed by atoms with E-state index in [2.05, 4.69) is 22.1 Å². The summed E-state index contributed by atoms with van der Waals surface area (Å²) in [4.78, 5) is 8.83. The van der Waals surface area contributed by atoms with E-state index in [1.165, 1.54) is 0 Å². The number of hydrogen-bond acceptors (Lipinski definition) is 3. The fourth-order valence-electron chi connectivity index (χ4n) is 2.80. The Morgan fingerprint density at radius 2 is 1.14 bits per heavy atom. The maximum Gasteiger partial charge on any atom is 2.00 e. The Kier molecular flexibility index (Phi) is 6.36. The molecule has 0 aliphatic rings. The third-order valence-electron chi connectivity index (χ3n) is 4.14. The van der Waals surface area contributed by atoms with Gasteiger partial charge in [-0.15, -0.1) is 47.5 Å². The molecule has 0 fully saturated rings. The van der Waals surface area contributed by atoms with Crippen LogP contribution in [0.3, 0.4) is 0 Å². The zero-order valence-electron chi connectivity index (χ0n) is 15.5. The molecular weight excluding hydrogens is 439 g/mol. The summed E-state index contributed by atoms with van der Waals surface area (Å²) in [6.45, 7) is 4.09. The molecule has 2 aromatic carbocycles. The van der Waals surface area contributed by atoms with Crippen molar-refractivity contribution in [3.8, 4) is 34.0 Å². The van der Waals surface area contributed by atoms with Crippen LogP contribution in [-0.2, 0) is 20.4 Å². The average Bonchev–Trinajstić information content (AvgIpc) is 2.68. The van der Waals surface area contributed by atoms with E-state index in [4.69, 9.17) is 4.74 Å². The second-order valence-electron chi connectivity index (χ2n) is 6.40. The molecule has 0 aliphatic carbocycles. The molecule has 0 amide bonds. The zero-order valence-corrected chi connectivity index (χ0v) is 17.1. The quantitative estimate of drug-likeness (QED) is 0.287. The summed E-state index contributed by atoms with van der Waals surface area (Å²) in [6.07, 6.45) is 3.61. The summed E-state index contributed by atoms with van der Waals surface area (Å²) >= 11 is 0. The van der Waals surface area contributed by atoms with Gasteiger partial charge in [0, 0.05) is 23.9 Å². The number of ether oxygens (including phenoxy) is 1. The van der Waals surface area contributed by atoms with Crippen LogP contribution in [0.25, 0.3) is 22.5 Å². The third kappa shape index (κ3) is 4.72. The van der Waals surface area contributed by atoms with Gasteiger partial charge in [0.2, 0.25) is 0 Å². The fourth-order valence-corrected chi connectivity index (χ4v) is 2.80. The number of nitrogens with zero attached hydrogens (tertiary/aromatic N) is 2. The van der Waals surface area contributed by atoms with Gasteiger partial charge in [-0.05, 0) is 37.4 Å². The van der Waals surface area contributed by atoms with Crippen molar-refractivity contribution in [3.63, 3.8) is 0 Å². The molecule has 4 heteroatoms. The summed E-state index contributed by atoms with van der Waals surface area (Å²) in [6, 6.07) is 26.2. The van der Waals surface area contributed by atoms with Crippen molar-refractivity contribution >= 4 is 0 Å². The first-order chi connectivity index (χ1) is 13.2. The van der Waals surface area contributed by atoms with Crippen molar-refractivity contribution in [3.05, 3.63) is 96.3 Å². The average molecular weight is 457 g/mol. The molecule has 4 aromatic rings. The standard InChI is InChI=1S/C24H18N2O.Pd/c1-17-9-11-25-23(13-17)19-5-3-7-21(15-19)27-22-8-4-6-20(16-22)24-14-18(2)10-12-26-24;/h3-14H,1-2H3;/q-2;+2. The third-order valence-corrected chi connectivity index (χ3v) is 4.14. The predicted octanol–water partition coefficient (Wildman–Crippen LogP) is 5.82. The Morgan fingerprint density at radius 1 is 0.679 bits per heavy atom. The molecule has 3 nitrogen and oxygen atoms in total. The van der Waals surface area contributed by atoms with Crippen LogP contribution in [0.1, 0.15) is 11.1 Å². The Bertz CT molecular complexity index is 1010. The first-order valence-electron chi connectivity index (χ1n) is 8.76. The topological polar surface area (TPSA) is 35.0 Å². The zero-order chi connectivity index (χ0) is 18.6. The molecule has 0 radical (unpaired) electrons. The molecule has 28 heavy (non-hydrogen) atoms. The maximum atomic E-state index is 6.00. The van der Waals surface area contributed by atoms with E-state index in [0.29, 0.717) is 11.5 Å². The summed E-state index contributed by atoms with van der Waals surface area (Å²) in [5, 5.41) is 0. The van der Waals surface area contributed by atoms with Crippen molar-refractivity contribution in [1.82, 2.24) is 9.97 Å². The number of aryl methyl sites for hydroxylation is 2. The van der Waals surface area contributed by atoms with E-state index in [0.717, 1.165) is 33.6 Å². The summed E-state index contributed by atoms with van der Waals surface area (Å²) in [7, 11) is 0. The minimum Gasteiger partial charge on any atom is -0.497 e. The van der Waals surface area contributed by atoms with Gasteiger partial charge in [-0.2, -0.15) is 0 Å². The molecule has 0 bridgehead atoms. The summed E-state index contributed by atoms with van der Waals surface area (Å²) in [5.41, 5.74) is 5.86. The molecule has 0 aliphatic heterocycles. The van der Waals surface area contributed by atoms with Crippen LogP contribution in [0.5, 0.6) is 11.5 Å². The minimum atomic E-state index is 0. The molecule has 2 heterocycles. The maximum absolute atomic E-state index is 6.00. The van der Waals surface area contributed by atoms with Gasteiger partial charge in [0.15, 0.2) is 0 Å². The second kappa shape index (κ2) is 8.93. The van der Waals surface area contributed by atoms with Crippen LogP contribution in [0, 0.1) is 26.0 Å². The van der Waals surface area contributed by atoms with Crippen LogP contribution in [0.2, 0.25) is 0 Å². The van der Waals surface area contributed by atoms with Gasteiger partial charge in [-0.3, -0.25) is 0 Å². The van der Waals surface area contributed by atoms with Crippen molar-refractivity contribution in [2.75, 3.05) is 0 Å². The van der Waals surface area contributed by atoms with Crippen LogP contribution in [-0.4, -0.2) is 9.97 Å². The van der Waals surface area contributed by atoms with Gasteiger partial charge in [0.1, 0.15) is 0 Å². The molecule has 0 saturated carbocycles. The number of pyridine rings is 2. The monoisotopic (exact) mass is 456 g/mol. The first kappa shape index (κ1) is 20.0. The summed E-state index contributed by atoms with van der Waals surface area (Å²) < 4.78 is 6.00. The molecule has 0 N–H and O–H groups in total. The van der Waals surface area contributed by atoms with Gasteiger partial charge in [0.05, 0.1) is 0 Å². The second-order valence-corrected chi connectivity index (χ2v) is 6.40. The first-order valence-corrected chi connectivity index (χ1v) is 8.76. The number of benzene rings is 2. The van der Waals surface area contributed by atoms with Crippen molar-refractivity contribution in [1.29, 1.82) is 0 Å². The molecule has 0 unspecified atom stereocenters. The number of hydrogen-bond donors (Lipinski definition) is 0. The van der Waals surface area contributed by atoms with E-state index >= 15 is 0 Å². The SMILES string of the molecule is Cc1ccnc(-c2[c-]c(Oc3[c-]c(-c4cc(C)ccn4)ccc3)ccc2)c1.[Pd+2]. The van der Waals surface area contributed by atoms with Crippen molar-refractivity contribution < 1.29 is 25.2 Å². The van der Waals surface area contributed by atoms with E-state index in [1.54, 1.807) is 12.4 Å². The Morgan fingerprint density at radius 3 is 1.57 bits per heavy atom. The van der Waals surface area contributed by atoms with Gasteiger partial charge in [-0.25, -0.2) is 0 Å². The Balaban J connectivity index is 0.00000225. The molecular formula is C24H18N2OPd. The van der Waals surface area contributed by atoms with Gasteiger partial charge in [0.25, 0.3) is 0 Å². The van der Waals surface area contributed by atoms with Gasteiger partial charge < -0.3 is 14.7 Å². The molecule has 0 saturated heterocycles. The Labute approximate surface area is 179 Å². The summed E-state index contributed by atoms with van der Waals surface area (Å²) in [5.74, 6) is 1.25. The van der Waals surface area contributed by atoms with Gasteiger partial charge in [-0.1, -0.05) is 35.4 Å². The van der Waals surface area contributed by atoms with Crippen LogP contribution in [0.4, 0.5) is 0 Å². The molecule has 4 rings (SSSR count). The van der Waals surface area contributed by atoms with E-state index in [-0.39, 0.29) is 20.4 Å².